The van der Waals surface area contributed by atoms with Crippen LogP contribution in [0, 0.1) is 0 Å². The predicted octanol–water partition coefficient (Wildman–Crippen LogP) is 3.72. The van der Waals surface area contributed by atoms with Crippen LogP contribution in [0.25, 0.3) is 0 Å². The number of ether oxygens (including phenoxy) is 1. The molecule has 4 heteroatoms. The Hall–Kier alpha value is -1.06. The molecule has 1 heterocycles. The Morgan fingerprint density at radius 2 is 2.05 bits per heavy atom. The van der Waals surface area contributed by atoms with Gasteiger partial charge in [-0.15, -0.1) is 0 Å². The lowest BCUT2D eigenvalue weighted by molar-refractivity contribution is -0.129. The normalized spacial score (nSPS) is 18.5. The van der Waals surface area contributed by atoms with Gasteiger partial charge in [0.2, 0.25) is 0 Å². The van der Waals surface area contributed by atoms with Gasteiger partial charge in [0.05, 0.1) is 12.6 Å². The van der Waals surface area contributed by atoms with Crippen LogP contribution in [0.15, 0.2) is 18.2 Å². The van der Waals surface area contributed by atoms with E-state index in [9.17, 15) is 4.79 Å². The molecule has 0 amide bonds. The first kappa shape index (κ1) is 16.3. The van der Waals surface area contributed by atoms with Crippen molar-refractivity contribution in [3.8, 4) is 5.75 Å². The van der Waals surface area contributed by atoms with E-state index in [2.05, 4.69) is 18.7 Å². The minimum absolute atomic E-state index is 0.243. The maximum Gasteiger partial charge on any atom is 0.157 e. The van der Waals surface area contributed by atoms with Gasteiger partial charge in [0.1, 0.15) is 5.75 Å². The molecule has 0 bridgehead atoms. The zero-order chi connectivity index (χ0) is 15.5. The maximum absolute atomic E-state index is 12.9. The Labute approximate surface area is 132 Å². The largest absolute Gasteiger partial charge is 0.496 e. The van der Waals surface area contributed by atoms with Gasteiger partial charge >= 0.3 is 0 Å². The fourth-order valence-corrected chi connectivity index (χ4v) is 3.25. The number of Topliss-reactive ketones (excluding diaryl/α,β-unsaturated/α-hetero) is 1. The second-order valence-electron chi connectivity index (χ2n) is 5.88. The van der Waals surface area contributed by atoms with Crippen molar-refractivity contribution in [1.29, 1.82) is 0 Å². The van der Waals surface area contributed by atoms with Crippen molar-refractivity contribution in [2.24, 2.45) is 0 Å². The number of ketones is 1. The second kappa shape index (κ2) is 6.80. The minimum atomic E-state index is -0.385. The SMILES string of the molecule is CCC(C)(C(=O)Cc1cc(Cl)ccc1OC)N1CCCC1. The molecule has 0 spiro atoms. The summed E-state index contributed by atoms with van der Waals surface area (Å²) in [4.78, 5) is 15.2. The summed E-state index contributed by atoms with van der Waals surface area (Å²) in [5.74, 6) is 0.972. The highest BCUT2D eigenvalue weighted by molar-refractivity contribution is 6.30. The number of hydrogen-bond donors (Lipinski definition) is 0. The lowest BCUT2D eigenvalue weighted by Gasteiger charge is -2.37. The highest BCUT2D eigenvalue weighted by Crippen LogP contribution is 2.29. The van der Waals surface area contributed by atoms with E-state index in [4.69, 9.17) is 16.3 Å². The van der Waals surface area contributed by atoms with Crippen LogP contribution in [0.4, 0.5) is 0 Å². The van der Waals surface area contributed by atoms with Gasteiger partial charge in [-0.1, -0.05) is 18.5 Å². The Morgan fingerprint density at radius 1 is 1.38 bits per heavy atom. The van der Waals surface area contributed by atoms with Crippen LogP contribution in [0.5, 0.6) is 5.75 Å². The van der Waals surface area contributed by atoms with Gasteiger partial charge in [0.15, 0.2) is 5.78 Å². The van der Waals surface area contributed by atoms with Crippen LogP contribution < -0.4 is 4.74 Å². The van der Waals surface area contributed by atoms with Gasteiger partial charge < -0.3 is 4.74 Å². The van der Waals surface area contributed by atoms with Crippen LogP contribution in [0.1, 0.15) is 38.7 Å². The lowest BCUT2D eigenvalue weighted by atomic mass is 9.87. The summed E-state index contributed by atoms with van der Waals surface area (Å²) < 4.78 is 5.35. The lowest BCUT2D eigenvalue weighted by Crippen LogP contribution is -2.51. The number of hydrogen-bond acceptors (Lipinski definition) is 3. The van der Waals surface area contributed by atoms with E-state index < -0.39 is 0 Å². The van der Waals surface area contributed by atoms with Gasteiger partial charge in [-0.25, -0.2) is 0 Å². The molecule has 116 valence electrons. The monoisotopic (exact) mass is 309 g/mol. The number of nitrogens with zero attached hydrogens (tertiary/aromatic N) is 1. The molecule has 2 rings (SSSR count). The first-order valence-electron chi connectivity index (χ1n) is 7.62. The minimum Gasteiger partial charge on any atom is -0.496 e. The fourth-order valence-electron chi connectivity index (χ4n) is 3.06. The van der Waals surface area contributed by atoms with Gasteiger partial charge in [0, 0.05) is 17.0 Å². The first-order valence-corrected chi connectivity index (χ1v) is 8.00. The molecule has 0 aliphatic carbocycles. The third-order valence-corrected chi connectivity index (χ3v) is 4.92. The molecule has 1 aliphatic heterocycles. The van der Waals surface area contributed by atoms with Gasteiger partial charge in [-0.3, -0.25) is 9.69 Å². The molecule has 0 N–H and O–H groups in total. The first-order chi connectivity index (χ1) is 10.0. The molecule has 1 saturated heterocycles. The van der Waals surface area contributed by atoms with Crippen molar-refractivity contribution in [3.05, 3.63) is 28.8 Å². The number of carbonyl (C=O) groups excluding carboxylic acids is 1. The standard InChI is InChI=1S/C17H24ClNO2/c1-4-17(2,19-9-5-6-10-19)16(20)12-13-11-14(18)7-8-15(13)21-3/h7-8,11H,4-6,9-10,12H2,1-3H3. The van der Waals surface area contributed by atoms with Gasteiger partial charge in [-0.2, -0.15) is 0 Å². The van der Waals surface area contributed by atoms with Crippen LogP contribution in [-0.2, 0) is 11.2 Å². The number of rotatable bonds is 6. The Kier molecular flexibility index (Phi) is 5.28. The zero-order valence-corrected chi connectivity index (χ0v) is 13.9. The van der Waals surface area contributed by atoms with E-state index in [1.807, 2.05) is 12.1 Å². The number of methoxy groups -OCH3 is 1. The predicted molar refractivity (Wildman–Crippen MR) is 86.2 cm³/mol. The van der Waals surface area contributed by atoms with E-state index in [0.717, 1.165) is 30.8 Å². The quantitative estimate of drug-likeness (QED) is 0.802. The number of likely N-dealkylation sites (tertiary alicyclic amines) is 1. The summed E-state index contributed by atoms with van der Waals surface area (Å²) in [7, 11) is 1.62. The zero-order valence-electron chi connectivity index (χ0n) is 13.1. The summed E-state index contributed by atoms with van der Waals surface area (Å²) in [6.07, 6.45) is 3.56. The summed E-state index contributed by atoms with van der Waals surface area (Å²) in [6, 6.07) is 5.44. The highest BCUT2D eigenvalue weighted by Gasteiger charge is 2.38. The maximum atomic E-state index is 12.9. The van der Waals surface area contributed by atoms with Crippen LogP contribution in [-0.4, -0.2) is 36.4 Å². The second-order valence-corrected chi connectivity index (χ2v) is 6.31. The number of carbonyl (C=O) groups is 1. The molecule has 1 unspecified atom stereocenters. The number of halogens is 1. The topological polar surface area (TPSA) is 29.5 Å². The third-order valence-electron chi connectivity index (χ3n) is 4.69. The molecular weight excluding hydrogens is 286 g/mol. The van der Waals surface area contributed by atoms with Crippen molar-refractivity contribution in [2.45, 2.75) is 45.1 Å². The summed E-state index contributed by atoms with van der Waals surface area (Å²) in [5.41, 5.74) is 0.484. The van der Waals surface area contributed by atoms with Crippen LogP contribution in [0.2, 0.25) is 5.02 Å². The average Bonchev–Trinajstić information content (AvgIpc) is 3.01. The molecule has 3 nitrogen and oxygen atoms in total. The molecule has 21 heavy (non-hydrogen) atoms. The average molecular weight is 310 g/mol. The fraction of sp³-hybridized carbons (Fsp3) is 0.588. The van der Waals surface area contributed by atoms with Crippen molar-refractivity contribution < 1.29 is 9.53 Å². The molecule has 1 fully saturated rings. The summed E-state index contributed by atoms with van der Waals surface area (Å²) in [6.45, 7) is 6.19. The molecule has 1 aromatic rings. The molecule has 0 saturated carbocycles. The van der Waals surface area contributed by atoms with Crippen LogP contribution in [0.3, 0.4) is 0 Å². The van der Waals surface area contributed by atoms with E-state index in [1.54, 1.807) is 13.2 Å². The molecule has 1 atom stereocenters. The van der Waals surface area contributed by atoms with Gasteiger partial charge in [0.25, 0.3) is 0 Å². The number of benzene rings is 1. The molecule has 1 aromatic carbocycles. The molecule has 0 radical (unpaired) electrons. The summed E-state index contributed by atoms with van der Waals surface area (Å²) >= 11 is 6.06. The van der Waals surface area contributed by atoms with Crippen molar-refractivity contribution >= 4 is 17.4 Å². The van der Waals surface area contributed by atoms with Crippen molar-refractivity contribution in [3.63, 3.8) is 0 Å². The molecule has 1 aliphatic rings. The Balaban J connectivity index is 2.21. The van der Waals surface area contributed by atoms with Crippen molar-refractivity contribution in [1.82, 2.24) is 4.90 Å². The molecular formula is C17H24ClNO2. The van der Waals surface area contributed by atoms with Crippen molar-refractivity contribution in [2.75, 3.05) is 20.2 Å². The third kappa shape index (κ3) is 3.41. The smallest absolute Gasteiger partial charge is 0.157 e. The van der Waals surface area contributed by atoms with Crippen LogP contribution >= 0.6 is 11.6 Å². The van der Waals surface area contributed by atoms with E-state index in [-0.39, 0.29) is 11.3 Å². The van der Waals surface area contributed by atoms with E-state index in [1.165, 1.54) is 12.8 Å². The molecule has 0 aromatic heterocycles. The Morgan fingerprint density at radius 3 is 2.62 bits per heavy atom. The highest BCUT2D eigenvalue weighted by atomic mass is 35.5. The summed E-state index contributed by atoms with van der Waals surface area (Å²) in [5, 5.41) is 0.637. The van der Waals surface area contributed by atoms with E-state index in [0.29, 0.717) is 11.4 Å². The van der Waals surface area contributed by atoms with Gasteiger partial charge in [-0.05, 0) is 57.5 Å². The van der Waals surface area contributed by atoms with E-state index >= 15 is 0 Å². The Bertz CT molecular complexity index is 512.